The Morgan fingerprint density at radius 2 is 2.09 bits per heavy atom. The highest BCUT2D eigenvalue weighted by atomic mass is 32.2. The Bertz CT molecular complexity index is 827. The second-order valence-corrected chi connectivity index (χ2v) is 9.09. The summed E-state index contributed by atoms with van der Waals surface area (Å²) < 4.78 is 22.7. The first-order chi connectivity index (χ1) is 10.9. The zero-order valence-electron chi connectivity index (χ0n) is 11.8. The van der Waals surface area contributed by atoms with Gasteiger partial charge in [-0.15, -0.1) is 22.7 Å². The quantitative estimate of drug-likeness (QED) is 0.785. The minimum atomic E-state index is -3.14. The normalized spacial score (nSPS) is 19.4. The van der Waals surface area contributed by atoms with Crippen LogP contribution in [0.3, 0.4) is 0 Å². The van der Waals surface area contributed by atoms with E-state index in [9.17, 15) is 18.0 Å². The van der Waals surface area contributed by atoms with Gasteiger partial charge in [0.25, 0.3) is 5.91 Å². The number of hydrazine groups is 1. The van der Waals surface area contributed by atoms with Gasteiger partial charge in [0.05, 0.1) is 22.3 Å². The van der Waals surface area contributed by atoms with Gasteiger partial charge in [-0.25, -0.2) is 13.4 Å². The molecule has 0 aromatic carbocycles. The van der Waals surface area contributed by atoms with Crippen molar-refractivity contribution in [1.29, 1.82) is 0 Å². The topological polar surface area (TPSA) is 105 Å². The number of nitrogens with one attached hydrogen (secondary N) is 2. The standard InChI is InChI=1S/C13H13N3O4S3/c17-11(8-3-5-23(19,20)7-8)15-16-12(18)9-6-22-13(14-9)10-2-1-4-21-10/h1-2,4,6,8H,3,5,7H2,(H,15,17)(H,16,18)/t8-/m1/s1. The molecule has 0 spiro atoms. The molecule has 0 saturated carbocycles. The largest absolute Gasteiger partial charge is 0.289 e. The third kappa shape index (κ3) is 3.77. The van der Waals surface area contributed by atoms with Gasteiger partial charge >= 0.3 is 0 Å². The van der Waals surface area contributed by atoms with E-state index in [0.29, 0.717) is 0 Å². The lowest BCUT2D eigenvalue weighted by Crippen LogP contribution is -2.45. The van der Waals surface area contributed by atoms with Gasteiger partial charge in [0.15, 0.2) is 9.84 Å². The first-order valence-electron chi connectivity index (χ1n) is 6.74. The Morgan fingerprint density at radius 3 is 2.74 bits per heavy atom. The van der Waals surface area contributed by atoms with Crippen LogP contribution in [0.2, 0.25) is 0 Å². The number of carbonyl (C=O) groups is 2. The molecule has 0 unspecified atom stereocenters. The molecule has 0 aliphatic carbocycles. The van der Waals surface area contributed by atoms with Crippen LogP contribution in [0, 0.1) is 5.92 Å². The van der Waals surface area contributed by atoms with E-state index < -0.39 is 27.6 Å². The molecule has 2 aromatic rings. The van der Waals surface area contributed by atoms with Crippen LogP contribution < -0.4 is 10.9 Å². The SMILES string of the molecule is O=C(NNC(=O)[C@@H]1CCS(=O)(=O)C1)c1csc(-c2cccs2)n1. The smallest absolute Gasteiger partial charge is 0.273 e. The first-order valence-corrected chi connectivity index (χ1v) is 10.3. The van der Waals surface area contributed by atoms with Crippen LogP contribution in [0.1, 0.15) is 16.9 Å². The molecule has 1 fully saturated rings. The molecule has 122 valence electrons. The van der Waals surface area contributed by atoms with Gasteiger partial charge in [-0.2, -0.15) is 0 Å². The summed E-state index contributed by atoms with van der Waals surface area (Å²) in [5.74, 6) is -1.80. The summed E-state index contributed by atoms with van der Waals surface area (Å²) in [6.45, 7) is 0. The molecule has 2 amide bonds. The number of nitrogens with zero attached hydrogens (tertiary/aromatic N) is 1. The van der Waals surface area contributed by atoms with E-state index in [1.807, 2.05) is 17.5 Å². The van der Waals surface area contributed by atoms with Gasteiger partial charge in [-0.1, -0.05) is 6.07 Å². The molecule has 0 bridgehead atoms. The van der Waals surface area contributed by atoms with Gasteiger partial charge in [-0.3, -0.25) is 20.4 Å². The zero-order chi connectivity index (χ0) is 16.4. The summed E-state index contributed by atoms with van der Waals surface area (Å²) in [5, 5.41) is 4.27. The van der Waals surface area contributed by atoms with Crippen molar-refractivity contribution < 1.29 is 18.0 Å². The molecule has 1 atom stereocenters. The Labute approximate surface area is 140 Å². The van der Waals surface area contributed by atoms with E-state index in [4.69, 9.17) is 0 Å². The molecule has 23 heavy (non-hydrogen) atoms. The first kappa shape index (κ1) is 16.1. The summed E-state index contributed by atoms with van der Waals surface area (Å²) in [4.78, 5) is 29.0. The number of hydrogen-bond acceptors (Lipinski definition) is 7. The van der Waals surface area contributed by atoms with E-state index >= 15 is 0 Å². The van der Waals surface area contributed by atoms with Crippen molar-refractivity contribution in [3.8, 4) is 9.88 Å². The van der Waals surface area contributed by atoms with E-state index in [1.165, 1.54) is 22.7 Å². The fraction of sp³-hybridized carbons (Fsp3) is 0.308. The minimum Gasteiger partial charge on any atom is -0.273 e. The summed E-state index contributed by atoms with van der Waals surface area (Å²) in [7, 11) is -3.14. The monoisotopic (exact) mass is 371 g/mol. The molecule has 0 radical (unpaired) electrons. The molecule has 2 aromatic heterocycles. The second kappa shape index (κ2) is 6.38. The lowest BCUT2D eigenvalue weighted by atomic mass is 10.1. The fourth-order valence-corrected chi connectivity index (χ4v) is 5.53. The maximum Gasteiger partial charge on any atom is 0.289 e. The Balaban J connectivity index is 1.57. The third-order valence-electron chi connectivity index (χ3n) is 3.37. The second-order valence-electron chi connectivity index (χ2n) is 5.06. The minimum absolute atomic E-state index is 0.00922. The summed E-state index contributed by atoms with van der Waals surface area (Å²) in [6.07, 6.45) is 0.281. The highest BCUT2D eigenvalue weighted by Gasteiger charge is 2.33. The maximum absolute atomic E-state index is 12.0. The van der Waals surface area contributed by atoms with Crippen LogP contribution in [-0.2, 0) is 14.6 Å². The van der Waals surface area contributed by atoms with E-state index in [-0.39, 0.29) is 23.6 Å². The van der Waals surface area contributed by atoms with Crippen molar-refractivity contribution in [1.82, 2.24) is 15.8 Å². The molecule has 7 nitrogen and oxygen atoms in total. The molecular formula is C13H13N3O4S3. The van der Waals surface area contributed by atoms with Gasteiger partial charge in [0.2, 0.25) is 5.91 Å². The molecule has 3 rings (SSSR count). The van der Waals surface area contributed by atoms with Crippen molar-refractivity contribution in [2.45, 2.75) is 6.42 Å². The van der Waals surface area contributed by atoms with Crippen LogP contribution in [0.25, 0.3) is 9.88 Å². The predicted molar refractivity (Wildman–Crippen MR) is 87.8 cm³/mol. The number of amides is 2. The Morgan fingerprint density at radius 1 is 1.26 bits per heavy atom. The molecule has 10 heteroatoms. The molecule has 2 N–H and O–H groups in total. The van der Waals surface area contributed by atoms with Crippen molar-refractivity contribution >= 4 is 44.3 Å². The summed E-state index contributed by atoms with van der Waals surface area (Å²) >= 11 is 2.87. The Hall–Kier alpha value is -1.78. The van der Waals surface area contributed by atoms with Crippen molar-refractivity contribution in [2.75, 3.05) is 11.5 Å². The summed E-state index contributed by atoms with van der Waals surface area (Å²) in [6, 6.07) is 3.81. The lowest BCUT2D eigenvalue weighted by Gasteiger charge is -2.09. The van der Waals surface area contributed by atoms with Crippen LogP contribution in [-0.4, -0.2) is 36.7 Å². The van der Waals surface area contributed by atoms with Gasteiger partial charge in [0, 0.05) is 5.38 Å². The predicted octanol–water partition coefficient (Wildman–Crippen LogP) is 1.07. The van der Waals surface area contributed by atoms with Crippen LogP contribution in [0.4, 0.5) is 0 Å². The average molecular weight is 371 g/mol. The van der Waals surface area contributed by atoms with Gasteiger partial charge in [0.1, 0.15) is 10.7 Å². The number of carbonyl (C=O) groups excluding carboxylic acids is 2. The van der Waals surface area contributed by atoms with Crippen molar-refractivity contribution in [3.05, 3.63) is 28.6 Å². The Kier molecular flexibility index (Phi) is 4.46. The highest BCUT2D eigenvalue weighted by molar-refractivity contribution is 7.91. The maximum atomic E-state index is 12.0. The molecule has 3 heterocycles. The van der Waals surface area contributed by atoms with Gasteiger partial charge in [-0.05, 0) is 17.9 Å². The third-order valence-corrected chi connectivity index (χ3v) is 7.02. The number of rotatable bonds is 3. The van der Waals surface area contributed by atoms with E-state index in [2.05, 4.69) is 15.8 Å². The lowest BCUT2D eigenvalue weighted by molar-refractivity contribution is -0.125. The van der Waals surface area contributed by atoms with E-state index in [1.54, 1.807) is 5.38 Å². The summed E-state index contributed by atoms with van der Waals surface area (Å²) in [5.41, 5.74) is 4.75. The van der Waals surface area contributed by atoms with Crippen molar-refractivity contribution in [3.63, 3.8) is 0 Å². The average Bonchev–Trinajstić information content (AvgIpc) is 3.23. The highest BCUT2D eigenvalue weighted by Crippen LogP contribution is 2.27. The van der Waals surface area contributed by atoms with Crippen LogP contribution in [0.5, 0.6) is 0 Å². The number of thiophene rings is 1. The number of aromatic nitrogens is 1. The van der Waals surface area contributed by atoms with Crippen molar-refractivity contribution in [2.24, 2.45) is 5.92 Å². The fourth-order valence-electron chi connectivity index (χ4n) is 2.18. The van der Waals surface area contributed by atoms with Gasteiger partial charge < -0.3 is 0 Å². The van der Waals surface area contributed by atoms with Crippen LogP contribution in [0.15, 0.2) is 22.9 Å². The molecule has 1 saturated heterocycles. The molecule has 1 aliphatic heterocycles. The number of sulfone groups is 1. The molecule has 1 aliphatic rings. The zero-order valence-corrected chi connectivity index (χ0v) is 14.3. The number of thiazole rings is 1. The number of hydrogen-bond donors (Lipinski definition) is 2. The van der Waals surface area contributed by atoms with Crippen LogP contribution >= 0.6 is 22.7 Å². The van der Waals surface area contributed by atoms with E-state index in [0.717, 1.165) is 9.88 Å². The molecular weight excluding hydrogens is 358 g/mol.